The van der Waals surface area contributed by atoms with Crippen molar-refractivity contribution in [3.8, 4) is 0 Å². The third kappa shape index (κ3) is 3.86. The second kappa shape index (κ2) is 9.31. The molecule has 8 atom stereocenters. The number of esters is 1. The van der Waals surface area contributed by atoms with E-state index in [-0.39, 0.29) is 25.2 Å². The number of ether oxygens (including phenoxy) is 2. The van der Waals surface area contributed by atoms with Crippen molar-refractivity contribution in [3.05, 3.63) is 23.8 Å². The lowest BCUT2D eigenvalue weighted by Gasteiger charge is -2.62. The van der Waals surface area contributed by atoms with Crippen LogP contribution in [0, 0.1) is 28.6 Å². The molecule has 1 amide bonds. The fraction of sp³-hybridized carbons (Fsp3) is 0.704. The van der Waals surface area contributed by atoms with Gasteiger partial charge < -0.3 is 25.0 Å². The molecule has 3 fully saturated rings. The predicted octanol–water partition coefficient (Wildman–Crippen LogP) is 2.19. The van der Waals surface area contributed by atoms with Gasteiger partial charge >= 0.3 is 12.1 Å². The molecule has 0 aromatic carbocycles. The van der Waals surface area contributed by atoms with Gasteiger partial charge in [0.2, 0.25) is 5.78 Å². The van der Waals surface area contributed by atoms with Crippen molar-refractivity contribution in [2.24, 2.45) is 28.6 Å². The first-order valence-corrected chi connectivity index (χ1v) is 12.8. The van der Waals surface area contributed by atoms with Gasteiger partial charge in [0.1, 0.15) is 5.60 Å². The van der Waals surface area contributed by atoms with Gasteiger partial charge in [-0.2, -0.15) is 0 Å². The Morgan fingerprint density at radius 2 is 1.95 bits per heavy atom. The van der Waals surface area contributed by atoms with Gasteiger partial charge in [0.25, 0.3) is 0 Å². The summed E-state index contributed by atoms with van der Waals surface area (Å²) in [6.07, 6.45) is 2.97. The molecule has 4 aliphatic rings. The van der Waals surface area contributed by atoms with E-state index in [0.717, 1.165) is 0 Å². The number of ketones is 2. The molecule has 10 heteroatoms. The Hall–Kier alpha value is -2.59. The highest BCUT2D eigenvalue weighted by Gasteiger charge is 2.75. The minimum absolute atomic E-state index is 0.0398. The Kier molecular flexibility index (Phi) is 6.90. The van der Waals surface area contributed by atoms with Crippen molar-refractivity contribution in [3.63, 3.8) is 0 Å². The van der Waals surface area contributed by atoms with E-state index in [0.29, 0.717) is 24.8 Å². The SMILES string of the molecule is COC(=O)CCNC(=O)OCC(=O)C1(O)C(C)CC2C3CCC4=CC(=O)C=CC4(C)C3(F)C(O)CC21C. The number of hydrogen-bond acceptors (Lipinski definition) is 8. The number of aliphatic hydroxyl groups excluding tert-OH is 1. The zero-order valence-corrected chi connectivity index (χ0v) is 21.7. The molecule has 4 aliphatic carbocycles. The van der Waals surface area contributed by atoms with Crippen LogP contribution in [0.15, 0.2) is 23.8 Å². The number of hydrogen-bond donors (Lipinski definition) is 3. The first kappa shape index (κ1) is 27.4. The molecule has 0 saturated heterocycles. The van der Waals surface area contributed by atoms with Crippen LogP contribution < -0.4 is 5.32 Å². The number of carbonyl (C=O) groups excluding carboxylic acids is 4. The van der Waals surface area contributed by atoms with Crippen LogP contribution in [0.2, 0.25) is 0 Å². The lowest BCUT2D eigenvalue weighted by atomic mass is 9.44. The average molecular weight is 522 g/mol. The maximum Gasteiger partial charge on any atom is 0.407 e. The van der Waals surface area contributed by atoms with Gasteiger partial charge in [-0.25, -0.2) is 9.18 Å². The number of alkyl halides is 1. The fourth-order valence-electron chi connectivity index (χ4n) is 7.80. The molecule has 8 unspecified atom stereocenters. The van der Waals surface area contributed by atoms with E-state index >= 15 is 4.39 Å². The summed E-state index contributed by atoms with van der Waals surface area (Å²) in [5, 5.41) is 25.6. The number of carbonyl (C=O) groups is 4. The van der Waals surface area contributed by atoms with E-state index in [2.05, 4.69) is 10.1 Å². The highest BCUT2D eigenvalue weighted by molar-refractivity contribution is 6.01. The van der Waals surface area contributed by atoms with E-state index in [9.17, 15) is 29.4 Å². The van der Waals surface area contributed by atoms with Crippen LogP contribution in [0.5, 0.6) is 0 Å². The van der Waals surface area contributed by atoms with Crippen LogP contribution in [0.3, 0.4) is 0 Å². The summed E-state index contributed by atoms with van der Waals surface area (Å²) in [7, 11) is 1.22. The van der Waals surface area contributed by atoms with E-state index in [4.69, 9.17) is 4.74 Å². The van der Waals surface area contributed by atoms with Gasteiger partial charge in [-0.3, -0.25) is 14.4 Å². The molecule has 0 bridgehead atoms. The third-order valence-corrected chi connectivity index (χ3v) is 9.81. The molecule has 9 nitrogen and oxygen atoms in total. The maximum absolute atomic E-state index is 17.2. The molecule has 0 aromatic heterocycles. The zero-order chi connectivity index (χ0) is 27.4. The monoisotopic (exact) mass is 521 g/mol. The number of aliphatic hydroxyl groups is 2. The minimum Gasteiger partial charge on any atom is -0.469 e. The van der Waals surface area contributed by atoms with E-state index < -0.39 is 70.4 Å². The van der Waals surface area contributed by atoms with Crippen LogP contribution >= 0.6 is 0 Å². The summed E-state index contributed by atoms with van der Waals surface area (Å²) >= 11 is 0. The third-order valence-electron chi connectivity index (χ3n) is 9.81. The normalized spacial score (nSPS) is 42.1. The summed E-state index contributed by atoms with van der Waals surface area (Å²) in [4.78, 5) is 48.5. The minimum atomic E-state index is -2.07. The van der Waals surface area contributed by atoms with Gasteiger partial charge in [-0.15, -0.1) is 0 Å². The first-order chi connectivity index (χ1) is 17.3. The molecule has 37 heavy (non-hydrogen) atoms. The lowest BCUT2D eigenvalue weighted by molar-refractivity contribution is -0.219. The van der Waals surface area contributed by atoms with Crippen molar-refractivity contribution in [1.82, 2.24) is 5.32 Å². The van der Waals surface area contributed by atoms with E-state index in [1.54, 1.807) is 26.8 Å². The quantitative estimate of drug-likeness (QED) is 0.452. The molecule has 0 heterocycles. The molecular formula is C27H36FNO8. The lowest BCUT2D eigenvalue weighted by Crippen LogP contribution is -2.69. The molecule has 204 valence electrons. The molecule has 4 rings (SSSR count). The van der Waals surface area contributed by atoms with Gasteiger partial charge in [0, 0.05) is 23.3 Å². The van der Waals surface area contributed by atoms with Crippen LogP contribution in [0.25, 0.3) is 0 Å². The second-order valence-electron chi connectivity index (χ2n) is 11.4. The molecule has 0 aromatic rings. The van der Waals surface area contributed by atoms with Crippen molar-refractivity contribution in [2.75, 3.05) is 20.3 Å². The van der Waals surface area contributed by atoms with Gasteiger partial charge in [0.05, 0.1) is 19.6 Å². The molecule has 3 N–H and O–H groups in total. The number of fused-ring (bicyclic) bond motifs is 5. The number of amides is 1. The molecule has 0 aliphatic heterocycles. The number of methoxy groups -OCH3 is 1. The average Bonchev–Trinajstić information content (AvgIpc) is 3.05. The van der Waals surface area contributed by atoms with E-state index in [1.807, 2.05) is 0 Å². The second-order valence-corrected chi connectivity index (χ2v) is 11.4. The van der Waals surface area contributed by atoms with Crippen LogP contribution in [-0.2, 0) is 23.9 Å². The summed E-state index contributed by atoms with van der Waals surface area (Å²) < 4.78 is 26.7. The van der Waals surface area contributed by atoms with Crippen molar-refractivity contribution >= 4 is 23.6 Å². The van der Waals surface area contributed by atoms with Crippen LogP contribution in [0.1, 0.15) is 52.9 Å². The van der Waals surface area contributed by atoms with Crippen LogP contribution in [-0.4, -0.2) is 71.5 Å². The molecular weight excluding hydrogens is 485 g/mol. The largest absolute Gasteiger partial charge is 0.469 e. The number of allylic oxidation sites excluding steroid dienone is 4. The van der Waals surface area contributed by atoms with Crippen LogP contribution in [0.4, 0.5) is 9.18 Å². The van der Waals surface area contributed by atoms with Crippen molar-refractivity contribution < 1.29 is 43.3 Å². The first-order valence-electron chi connectivity index (χ1n) is 12.8. The summed E-state index contributed by atoms with van der Waals surface area (Å²) in [5.74, 6) is -3.05. The topological polar surface area (TPSA) is 139 Å². The standard InChI is InChI=1S/C27H36FNO8/c1-15-11-19-18-6-5-16-12-17(30)7-9-24(16,2)26(18,28)20(31)13-25(19,3)27(15,35)21(32)14-37-23(34)29-10-8-22(33)36-4/h7,9,12,15,18-20,31,35H,5-6,8,10-11,13-14H2,1-4H3,(H,29,34). The van der Waals surface area contributed by atoms with Gasteiger partial charge in [-0.05, 0) is 56.6 Å². The number of rotatable bonds is 6. The number of nitrogens with one attached hydrogen (secondary N) is 1. The van der Waals surface area contributed by atoms with Crippen molar-refractivity contribution in [2.45, 2.75) is 70.2 Å². The summed E-state index contributed by atoms with van der Waals surface area (Å²) in [6, 6.07) is 0. The Bertz CT molecular complexity index is 1070. The summed E-state index contributed by atoms with van der Waals surface area (Å²) in [6.45, 7) is 4.40. The molecule has 3 saturated carbocycles. The Labute approximate surface area is 215 Å². The van der Waals surface area contributed by atoms with Gasteiger partial charge in [-0.1, -0.05) is 25.5 Å². The molecule has 0 spiro atoms. The van der Waals surface area contributed by atoms with E-state index in [1.165, 1.54) is 19.3 Å². The summed E-state index contributed by atoms with van der Waals surface area (Å²) in [5.41, 5.74) is -5.67. The molecule has 0 radical (unpaired) electrons. The maximum atomic E-state index is 17.2. The Morgan fingerprint density at radius 1 is 1.24 bits per heavy atom. The number of Topliss-reactive ketones (excluding diaryl/α,β-unsaturated/α-hetero) is 1. The highest BCUT2D eigenvalue weighted by Crippen LogP contribution is 2.70. The highest BCUT2D eigenvalue weighted by atomic mass is 19.1. The Morgan fingerprint density at radius 3 is 2.62 bits per heavy atom. The van der Waals surface area contributed by atoms with Gasteiger partial charge in [0.15, 0.2) is 18.1 Å². The zero-order valence-electron chi connectivity index (χ0n) is 21.7. The number of halogens is 1. The number of alkyl carbamates (subject to hydrolysis) is 1. The predicted molar refractivity (Wildman–Crippen MR) is 129 cm³/mol. The smallest absolute Gasteiger partial charge is 0.407 e. The Balaban J connectivity index is 1.54. The fourth-order valence-corrected chi connectivity index (χ4v) is 7.80. The van der Waals surface area contributed by atoms with Crippen molar-refractivity contribution in [1.29, 1.82) is 0 Å².